The Labute approximate surface area is 152 Å². The Morgan fingerprint density at radius 1 is 1.35 bits per heavy atom. The predicted octanol–water partition coefficient (Wildman–Crippen LogP) is 2.96. The molecule has 0 aliphatic carbocycles. The lowest BCUT2D eigenvalue weighted by Crippen LogP contribution is -2.28. The number of phenols is 1. The molecule has 2 aromatic rings. The molecule has 1 aliphatic heterocycles. The molecule has 0 bridgehead atoms. The summed E-state index contributed by atoms with van der Waals surface area (Å²) in [5.41, 5.74) is 2.57. The van der Waals surface area contributed by atoms with Crippen molar-refractivity contribution in [2.75, 3.05) is 7.11 Å². The highest BCUT2D eigenvalue weighted by Gasteiger charge is 2.12. The minimum absolute atomic E-state index is 0.0855. The van der Waals surface area contributed by atoms with Gasteiger partial charge in [-0.15, -0.1) is 0 Å². The van der Waals surface area contributed by atoms with E-state index in [1.165, 1.54) is 7.11 Å². The molecule has 3 N–H and O–H groups in total. The van der Waals surface area contributed by atoms with Crippen molar-refractivity contribution in [2.24, 2.45) is 4.99 Å². The summed E-state index contributed by atoms with van der Waals surface area (Å²) in [5.74, 6) is 1.94. The van der Waals surface area contributed by atoms with Crippen LogP contribution in [0.5, 0.6) is 11.5 Å². The number of hydrogen-bond acceptors (Lipinski definition) is 6. The molecule has 0 fully saturated rings. The van der Waals surface area contributed by atoms with E-state index in [2.05, 4.69) is 27.2 Å². The maximum absolute atomic E-state index is 9.78. The molecular formula is C20H20N4O2. The van der Waals surface area contributed by atoms with Gasteiger partial charge in [-0.2, -0.15) is 0 Å². The third-order valence-corrected chi connectivity index (χ3v) is 3.83. The van der Waals surface area contributed by atoms with Crippen LogP contribution in [0.2, 0.25) is 0 Å². The molecular weight excluding hydrogens is 328 g/mol. The Balaban J connectivity index is 1.80. The van der Waals surface area contributed by atoms with Crippen molar-refractivity contribution in [1.82, 2.24) is 15.6 Å². The van der Waals surface area contributed by atoms with Gasteiger partial charge in [0.15, 0.2) is 11.5 Å². The summed E-state index contributed by atoms with van der Waals surface area (Å²) in [5, 5.41) is 16.3. The van der Waals surface area contributed by atoms with Crippen LogP contribution in [0, 0.1) is 0 Å². The number of nitrogens with one attached hydrogen (secondary N) is 2. The van der Waals surface area contributed by atoms with Crippen molar-refractivity contribution in [2.45, 2.75) is 6.54 Å². The molecule has 1 aliphatic rings. The molecule has 0 saturated carbocycles. The van der Waals surface area contributed by atoms with Crippen LogP contribution in [0.4, 0.5) is 0 Å². The summed E-state index contributed by atoms with van der Waals surface area (Å²) in [7, 11) is 1.51. The SMILES string of the molecule is C=C/C(=C1/N=CC=C(NCc2ccccn2)N1)c1ccc(O)c(OC)c1. The zero-order chi connectivity index (χ0) is 18.4. The second-order valence-electron chi connectivity index (χ2n) is 5.51. The van der Waals surface area contributed by atoms with Gasteiger partial charge < -0.3 is 20.5 Å². The van der Waals surface area contributed by atoms with Gasteiger partial charge in [0.05, 0.1) is 19.3 Å². The molecule has 132 valence electrons. The number of rotatable bonds is 6. The normalized spacial score (nSPS) is 14.9. The van der Waals surface area contributed by atoms with E-state index in [1.54, 1.807) is 36.7 Å². The van der Waals surface area contributed by atoms with Gasteiger partial charge in [-0.25, -0.2) is 4.99 Å². The Morgan fingerprint density at radius 3 is 2.96 bits per heavy atom. The van der Waals surface area contributed by atoms with Crippen molar-refractivity contribution < 1.29 is 9.84 Å². The molecule has 0 amide bonds. The molecule has 0 saturated heterocycles. The smallest absolute Gasteiger partial charge is 0.161 e. The van der Waals surface area contributed by atoms with Crippen molar-refractivity contribution >= 4 is 11.8 Å². The molecule has 3 rings (SSSR count). The van der Waals surface area contributed by atoms with Gasteiger partial charge in [0.25, 0.3) is 0 Å². The van der Waals surface area contributed by atoms with Gasteiger partial charge >= 0.3 is 0 Å². The minimum atomic E-state index is 0.0855. The number of aromatic hydroxyl groups is 1. The summed E-state index contributed by atoms with van der Waals surface area (Å²) in [4.78, 5) is 8.69. The van der Waals surface area contributed by atoms with E-state index in [-0.39, 0.29) is 5.75 Å². The molecule has 0 radical (unpaired) electrons. The maximum Gasteiger partial charge on any atom is 0.161 e. The van der Waals surface area contributed by atoms with Gasteiger partial charge in [-0.05, 0) is 35.9 Å². The van der Waals surface area contributed by atoms with Crippen LogP contribution in [0.1, 0.15) is 11.3 Å². The fraction of sp³-hybridized carbons (Fsp3) is 0.100. The van der Waals surface area contributed by atoms with Crippen LogP contribution in [-0.4, -0.2) is 23.4 Å². The first-order valence-corrected chi connectivity index (χ1v) is 8.10. The van der Waals surface area contributed by atoms with Crippen LogP contribution < -0.4 is 15.4 Å². The molecule has 0 unspecified atom stereocenters. The molecule has 6 nitrogen and oxygen atoms in total. The predicted molar refractivity (Wildman–Crippen MR) is 103 cm³/mol. The molecule has 6 heteroatoms. The first kappa shape index (κ1) is 17.3. The Morgan fingerprint density at radius 2 is 2.23 bits per heavy atom. The van der Waals surface area contributed by atoms with Gasteiger partial charge in [0.2, 0.25) is 0 Å². The fourth-order valence-corrected chi connectivity index (χ4v) is 2.51. The Hall–Kier alpha value is -3.54. The molecule has 2 heterocycles. The molecule has 1 aromatic carbocycles. The van der Waals surface area contributed by atoms with Gasteiger partial charge in [0.1, 0.15) is 11.6 Å². The zero-order valence-electron chi connectivity index (χ0n) is 14.4. The third kappa shape index (κ3) is 3.92. The van der Waals surface area contributed by atoms with Gasteiger partial charge in [-0.1, -0.05) is 24.8 Å². The van der Waals surface area contributed by atoms with E-state index in [1.807, 2.05) is 24.3 Å². The summed E-state index contributed by atoms with van der Waals surface area (Å²) in [6.45, 7) is 4.48. The van der Waals surface area contributed by atoms with Gasteiger partial charge in [-0.3, -0.25) is 4.98 Å². The average Bonchev–Trinajstić information content (AvgIpc) is 2.69. The lowest BCUT2D eigenvalue weighted by atomic mass is 10.0. The van der Waals surface area contributed by atoms with Crippen LogP contribution in [0.25, 0.3) is 5.57 Å². The van der Waals surface area contributed by atoms with Crippen molar-refractivity contribution in [3.8, 4) is 11.5 Å². The van der Waals surface area contributed by atoms with E-state index in [0.29, 0.717) is 18.1 Å². The molecule has 26 heavy (non-hydrogen) atoms. The van der Waals surface area contributed by atoms with Gasteiger partial charge in [0, 0.05) is 18.0 Å². The Bertz CT molecular complexity index is 886. The number of methoxy groups -OCH3 is 1. The quantitative estimate of drug-likeness (QED) is 0.748. The molecule has 0 atom stereocenters. The standard InChI is InChI=1S/C20H20N4O2/c1-3-16(14-7-8-17(25)18(12-14)26-2)20-22-11-9-19(24-20)23-13-15-6-4-5-10-21-15/h3-12,23-25H,1,13H2,2H3/b20-16+. The number of benzene rings is 1. The number of allylic oxidation sites excluding steroid dienone is 3. The van der Waals surface area contributed by atoms with Crippen molar-refractivity contribution in [3.05, 3.63) is 84.2 Å². The lowest BCUT2D eigenvalue weighted by molar-refractivity contribution is 0.373. The largest absolute Gasteiger partial charge is 0.504 e. The van der Waals surface area contributed by atoms with E-state index in [4.69, 9.17) is 4.74 Å². The first-order valence-electron chi connectivity index (χ1n) is 8.10. The number of hydrogen-bond donors (Lipinski definition) is 3. The highest BCUT2D eigenvalue weighted by molar-refractivity contribution is 5.82. The lowest BCUT2D eigenvalue weighted by Gasteiger charge is -2.18. The highest BCUT2D eigenvalue weighted by Crippen LogP contribution is 2.31. The third-order valence-electron chi connectivity index (χ3n) is 3.83. The number of pyridine rings is 1. The fourth-order valence-electron chi connectivity index (χ4n) is 2.51. The van der Waals surface area contributed by atoms with Crippen LogP contribution in [0.3, 0.4) is 0 Å². The highest BCUT2D eigenvalue weighted by atomic mass is 16.5. The van der Waals surface area contributed by atoms with Crippen LogP contribution >= 0.6 is 0 Å². The van der Waals surface area contributed by atoms with Crippen molar-refractivity contribution in [1.29, 1.82) is 0 Å². The number of nitrogens with zero attached hydrogens (tertiary/aromatic N) is 2. The number of phenolic OH excluding ortho intramolecular Hbond substituents is 1. The maximum atomic E-state index is 9.78. The summed E-state index contributed by atoms with van der Waals surface area (Å²) >= 11 is 0. The van der Waals surface area contributed by atoms with E-state index in [0.717, 1.165) is 22.7 Å². The van der Waals surface area contributed by atoms with E-state index >= 15 is 0 Å². The monoisotopic (exact) mass is 348 g/mol. The Kier molecular flexibility index (Phi) is 5.34. The van der Waals surface area contributed by atoms with Crippen molar-refractivity contribution in [3.63, 3.8) is 0 Å². The summed E-state index contributed by atoms with van der Waals surface area (Å²) in [6.07, 6.45) is 7.05. The average molecular weight is 348 g/mol. The minimum Gasteiger partial charge on any atom is -0.504 e. The molecule has 1 aromatic heterocycles. The molecule has 0 spiro atoms. The number of aromatic nitrogens is 1. The second-order valence-corrected chi connectivity index (χ2v) is 5.51. The second kappa shape index (κ2) is 8.02. The first-order chi connectivity index (χ1) is 12.7. The number of ether oxygens (including phenoxy) is 1. The number of aliphatic imine (C=N–C) groups is 1. The van der Waals surface area contributed by atoms with E-state index in [9.17, 15) is 5.11 Å². The summed E-state index contributed by atoms with van der Waals surface area (Å²) in [6, 6.07) is 10.9. The van der Waals surface area contributed by atoms with Crippen LogP contribution in [0.15, 0.2) is 78.0 Å². The zero-order valence-corrected chi connectivity index (χ0v) is 14.4. The van der Waals surface area contributed by atoms with Crippen LogP contribution in [-0.2, 0) is 6.54 Å². The summed E-state index contributed by atoms with van der Waals surface area (Å²) < 4.78 is 5.18. The van der Waals surface area contributed by atoms with E-state index < -0.39 is 0 Å². The topological polar surface area (TPSA) is 78.8 Å².